The van der Waals surface area contributed by atoms with Crippen molar-refractivity contribution in [2.45, 2.75) is 12.1 Å². The molecule has 1 N–H and O–H groups in total. The molecule has 7 heteroatoms. The molecule has 128 valence electrons. The van der Waals surface area contributed by atoms with Crippen LogP contribution in [0, 0.1) is 5.82 Å². The first kappa shape index (κ1) is 16.6. The third-order valence-corrected chi connectivity index (χ3v) is 4.19. The number of amides is 1. The monoisotopic (exact) mass is 332 g/mol. The number of aliphatic hydroxyl groups is 1. The Kier molecular flexibility index (Phi) is 4.64. The molecule has 0 saturated carbocycles. The van der Waals surface area contributed by atoms with Crippen molar-refractivity contribution in [2.75, 3.05) is 33.2 Å². The summed E-state index contributed by atoms with van der Waals surface area (Å²) in [5.74, 6) is -0.582. The molecule has 1 aliphatic heterocycles. The molecule has 0 aliphatic carbocycles. The third kappa shape index (κ3) is 3.80. The van der Waals surface area contributed by atoms with Crippen LogP contribution in [0.15, 0.2) is 42.7 Å². The Morgan fingerprint density at radius 2 is 2.04 bits per heavy atom. The van der Waals surface area contributed by atoms with E-state index in [9.17, 15) is 14.3 Å². The molecule has 24 heavy (non-hydrogen) atoms. The summed E-state index contributed by atoms with van der Waals surface area (Å²) >= 11 is 0. The van der Waals surface area contributed by atoms with Gasteiger partial charge in [-0.25, -0.2) is 4.39 Å². The Labute approximate surface area is 140 Å². The van der Waals surface area contributed by atoms with E-state index in [4.69, 9.17) is 0 Å². The second-order valence-corrected chi connectivity index (χ2v) is 6.40. The Morgan fingerprint density at radius 3 is 2.71 bits per heavy atom. The van der Waals surface area contributed by atoms with Crippen molar-refractivity contribution in [1.29, 1.82) is 0 Å². The summed E-state index contributed by atoms with van der Waals surface area (Å²) in [7, 11) is 1.92. The van der Waals surface area contributed by atoms with Crippen LogP contribution in [0.3, 0.4) is 0 Å². The molecule has 0 spiro atoms. The number of aromatic nitrogens is 2. The van der Waals surface area contributed by atoms with Gasteiger partial charge in [-0.15, -0.1) is 0 Å². The maximum atomic E-state index is 13.1. The first-order valence-electron chi connectivity index (χ1n) is 7.88. The average Bonchev–Trinajstić information content (AvgIpc) is 2.98. The van der Waals surface area contributed by atoms with Gasteiger partial charge in [-0.05, 0) is 37.4 Å². The van der Waals surface area contributed by atoms with Gasteiger partial charge in [-0.3, -0.25) is 9.48 Å². The van der Waals surface area contributed by atoms with Crippen molar-refractivity contribution >= 4 is 5.91 Å². The van der Waals surface area contributed by atoms with Crippen molar-refractivity contribution in [3.05, 3.63) is 54.1 Å². The number of halogens is 1. The zero-order valence-electron chi connectivity index (χ0n) is 13.6. The summed E-state index contributed by atoms with van der Waals surface area (Å²) in [4.78, 5) is 16.3. The van der Waals surface area contributed by atoms with E-state index >= 15 is 0 Å². The molecule has 1 fully saturated rings. The molecule has 3 rings (SSSR count). The van der Waals surface area contributed by atoms with E-state index in [2.05, 4.69) is 5.10 Å². The van der Waals surface area contributed by atoms with Crippen molar-refractivity contribution in [1.82, 2.24) is 19.6 Å². The minimum atomic E-state index is -1.10. The minimum Gasteiger partial charge on any atom is -0.385 e. The summed E-state index contributed by atoms with van der Waals surface area (Å²) < 4.78 is 14.7. The number of likely N-dealkylation sites (N-methyl/N-ethyl adjacent to an activating group) is 1. The first-order valence-corrected chi connectivity index (χ1v) is 7.88. The van der Waals surface area contributed by atoms with Crippen LogP contribution in [-0.4, -0.2) is 69.4 Å². The number of rotatable bonds is 3. The number of nitrogens with zero attached hydrogens (tertiary/aromatic N) is 4. The van der Waals surface area contributed by atoms with Gasteiger partial charge in [0.05, 0.1) is 13.1 Å². The minimum absolute atomic E-state index is 0.202. The molecule has 6 nitrogen and oxygen atoms in total. The normalized spacial score (nSPS) is 22.4. The molecule has 1 atom stereocenters. The zero-order chi connectivity index (χ0) is 17.2. The SMILES string of the molecule is CN1CCN(C(=O)c2ccc(F)cc2)CC(O)(Cn2cccn2)C1. The molecular formula is C17H21FN4O2. The highest BCUT2D eigenvalue weighted by Crippen LogP contribution is 2.18. The van der Waals surface area contributed by atoms with Gasteiger partial charge in [0.15, 0.2) is 0 Å². The number of hydrogen-bond acceptors (Lipinski definition) is 4. The summed E-state index contributed by atoms with van der Waals surface area (Å²) in [6.07, 6.45) is 3.44. The van der Waals surface area contributed by atoms with Crippen LogP contribution in [-0.2, 0) is 6.54 Å². The molecule has 1 aromatic carbocycles. The summed E-state index contributed by atoms with van der Waals surface area (Å²) in [6.45, 7) is 2.12. The number of β-amino-alcohol motifs (C(OH)–C–C–N with tert-alkyl or cyclic N) is 1. The van der Waals surface area contributed by atoms with Gasteiger partial charge in [0.1, 0.15) is 11.4 Å². The molecule has 1 amide bonds. The largest absolute Gasteiger partial charge is 0.385 e. The number of hydrogen-bond donors (Lipinski definition) is 1. The lowest BCUT2D eigenvalue weighted by Gasteiger charge is -2.32. The lowest BCUT2D eigenvalue weighted by molar-refractivity contribution is -0.0137. The standard InChI is InChI=1S/C17H21FN4O2/c1-20-9-10-21(16(23)14-3-5-15(18)6-4-14)12-17(24,11-20)13-22-8-2-7-19-22/h2-8,24H,9-13H2,1H3. The highest BCUT2D eigenvalue weighted by Gasteiger charge is 2.36. The van der Waals surface area contributed by atoms with Crippen LogP contribution in [0.1, 0.15) is 10.4 Å². The lowest BCUT2D eigenvalue weighted by atomic mass is 10.0. The third-order valence-electron chi connectivity index (χ3n) is 4.19. The van der Waals surface area contributed by atoms with Gasteiger partial charge in [-0.1, -0.05) is 0 Å². The van der Waals surface area contributed by atoms with Crippen molar-refractivity contribution in [2.24, 2.45) is 0 Å². The fraction of sp³-hybridized carbons (Fsp3) is 0.412. The van der Waals surface area contributed by atoms with Gasteiger partial charge >= 0.3 is 0 Å². The van der Waals surface area contributed by atoms with Gasteiger partial charge in [0.2, 0.25) is 0 Å². The molecule has 1 aliphatic rings. The van der Waals surface area contributed by atoms with Gasteiger partial charge in [0, 0.05) is 37.6 Å². The molecule has 1 unspecified atom stereocenters. The second kappa shape index (κ2) is 6.70. The highest BCUT2D eigenvalue weighted by molar-refractivity contribution is 5.94. The maximum absolute atomic E-state index is 13.1. The quantitative estimate of drug-likeness (QED) is 0.905. The summed E-state index contributed by atoms with van der Waals surface area (Å²) in [5, 5.41) is 15.2. The van der Waals surface area contributed by atoms with Crippen LogP contribution in [0.2, 0.25) is 0 Å². The summed E-state index contributed by atoms with van der Waals surface area (Å²) in [5.41, 5.74) is -0.685. The highest BCUT2D eigenvalue weighted by atomic mass is 19.1. The van der Waals surface area contributed by atoms with Crippen molar-refractivity contribution < 1.29 is 14.3 Å². The molecule has 2 aromatic rings. The lowest BCUT2D eigenvalue weighted by Crippen LogP contribution is -2.50. The predicted molar refractivity (Wildman–Crippen MR) is 87.0 cm³/mol. The van der Waals surface area contributed by atoms with Crippen LogP contribution in [0.5, 0.6) is 0 Å². The Bertz CT molecular complexity index is 689. The van der Waals surface area contributed by atoms with E-state index in [1.807, 2.05) is 11.9 Å². The topological polar surface area (TPSA) is 61.6 Å². The first-order chi connectivity index (χ1) is 11.5. The van der Waals surface area contributed by atoms with Crippen molar-refractivity contribution in [3.8, 4) is 0 Å². The van der Waals surface area contributed by atoms with Crippen LogP contribution in [0.25, 0.3) is 0 Å². The fourth-order valence-corrected chi connectivity index (χ4v) is 3.10. The van der Waals surface area contributed by atoms with Crippen LogP contribution < -0.4 is 0 Å². The van der Waals surface area contributed by atoms with E-state index < -0.39 is 5.60 Å². The van der Waals surface area contributed by atoms with Gasteiger partial charge in [-0.2, -0.15) is 5.10 Å². The second-order valence-electron chi connectivity index (χ2n) is 6.40. The number of carbonyl (C=O) groups excluding carboxylic acids is 1. The fourth-order valence-electron chi connectivity index (χ4n) is 3.10. The van der Waals surface area contributed by atoms with Gasteiger partial charge < -0.3 is 14.9 Å². The zero-order valence-corrected chi connectivity index (χ0v) is 13.6. The predicted octanol–water partition coefficient (Wildman–Crippen LogP) is 0.841. The molecule has 2 heterocycles. The molecule has 0 bridgehead atoms. The average molecular weight is 332 g/mol. The maximum Gasteiger partial charge on any atom is 0.254 e. The molecule has 1 saturated heterocycles. The Balaban J connectivity index is 1.80. The van der Waals surface area contributed by atoms with E-state index in [0.29, 0.717) is 31.7 Å². The number of carbonyl (C=O) groups is 1. The molecular weight excluding hydrogens is 311 g/mol. The van der Waals surface area contributed by atoms with Gasteiger partial charge in [0.25, 0.3) is 5.91 Å². The molecule has 0 radical (unpaired) electrons. The number of benzene rings is 1. The van der Waals surface area contributed by atoms with Crippen molar-refractivity contribution in [3.63, 3.8) is 0 Å². The molecule has 1 aromatic heterocycles. The Hall–Kier alpha value is -2.25. The Morgan fingerprint density at radius 1 is 1.29 bits per heavy atom. The van der Waals surface area contributed by atoms with E-state index in [1.165, 1.54) is 24.3 Å². The van der Waals surface area contributed by atoms with Crippen LogP contribution in [0.4, 0.5) is 4.39 Å². The van der Waals surface area contributed by atoms with E-state index in [-0.39, 0.29) is 18.3 Å². The van der Waals surface area contributed by atoms with E-state index in [0.717, 1.165) is 0 Å². The summed E-state index contributed by atoms with van der Waals surface area (Å²) in [6, 6.07) is 7.28. The van der Waals surface area contributed by atoms with E-state index in [1.54, 1.807) is 28.0 Å². The van der Waals surface area contributed by atoms with Crippen LogP contribution >= 0.6 is 0 Å². The smallest absolute Gasteiger partial charge is 0.254 e.